The SMILES string of the molecule is Cc1cc(C)n2nc(C(=O)OCc3nnc4n(C)c(=O)c5ccccc5n34)nc2n1. The van der Waals surface area contributed by atoms with Crippen LogP contribution in [0.3, 0.4) is 0 Å². The average Bonchev–Trinajstić information content (AvgIpc) is 3.35. The molecule has 0 aliphatic heterocycles. The molecule has 0 saturated heterocycles. The van der Waals surface area contributed by atoms with Crippen molar-refractivity contribution in [1.29, 1.82) is 0 Å². The van der Waals surface area contributed by atoms with Gasteiger partial charge in [-0.1, -0.05) is 12.1 Å². The maximum atomic E-state index is 12.5. The lowest BCUT2D eigenvalue weighted by Crippen LogP contribution is -2.20. The van der Waals surface area contributed by atoms with Crippen molar-refractivity contribution in [2.45, 2.75) is 20.5 Å². The minimum atomic E-state index is -0.705. The first-order chi connectivity index (χ1) is 14.4. The molecule has 0 N–H and O–H groups in total. The zero-order valence-electron chi connectivity index (χ0n) is 16.4. The zero-order valence-corrected chi connectivity index (χ0v) is 16.4. The predicted molar refractivity (Wildman–Crippen MR) is 105 cm³/mol. The Labute approximate surface area is 168 Å². The second kappa shape index (κ2) is 6.44. The van der Waals surface area contributed by atoms with Crippen LogP contribution in [0.25, 0.3) is 22.5 Å². The highest BCUT2D eigenvalue weighted by Crippen LogP contribution is 2.15. The van der Waals surface area contributed by atoms with E-state index in [1.807, 2.05) is 26.0 Å². The van der Waals surface area contributed by atoms with E-state index >= 15 is 0 Å². The number of hydrogen-bond acceptors (Lipinski definition) is 8. The summed E-state index contributed by atoms with van der Waals surface area (Å²) in [5.41, 5.74) is 2.04. The number of aromatic nitrogens is 8. The fourth-order valence-corrected chi connectivity index (χ4v) is 3.43. The van der Waals surface area contributed by atoms with Gasteiger partial charge in [-0.3, -0.25) is 13.8 Å². The molecule has 0 unspecified atom stereocenters. The van der Waals surface area contributed by atoms with Crippen molar-refractivity contribution in [2.24, 2.45) is 7.05 Å². The molecule has 1 aromatic carbocycles. The van der Waals surface area contributed by atoms with Gasteiger partial charge in [0.05, 0.1) is 10.9 Å². The molecule has 0 bridgehead atoms. The maximum Gasteiger partial charge on any atom is 0.378 e. The predicted octanol–water partition coefficient (Wildman–Crippen LogP) is 0.993. The number of fused-ring (bicyclic) bond motifs is 4. The Kier molecular flexibility index (Phi) is 3.85. The molecule has 11 heteroatoms. The Morgan fingerprint density at radius 1 is 1.13 bits per heavy atom. The molecule has 0 aliphatic rings. The largest absolute Gasteiger partial charge is 0.451 e. The molecule has 0 atom stereocenters. The van der Waals surface area contributed by atoms with Crippen LogP contribution in [0.5, 0.6) is 0 Å². The van der Waals surface area contributed by atoms with Crippen molar-refractivity contribution in [3.05, 3.63) is 63.7 Å². The molecule has 5 rings (SSSR count). The first-order valence-electron chi connectivity index (χ1n) is 9.14. The molecule has 0 aliphatic carbocycles. The van der Waals surface area contributed by atoms with E-state index < -0.39 is 5.97 Å². The summed E-state index contributed by atoms with van der Waals surface area (Å²) in [7, 11) is 1.62. The fraction of sp³-hybridized carbons (Fsp3) is 0.211. The van der Waals surface area contributed by atoms with Gasteiger partial charge in [-0.2, -0.15) is 4.98 Å². The minimum Gasteiger partial charge on any atom is -0.451 e. The van der Waals surface area contributed by atoms with Crippen LogP contribution in [-0.2, 0) is 18.4 Å². The first-order valence-corrected chi connectivity index (χ1v) is 9.14. The summed E-state index contributed by atoms with van der Waals surface area (Å²) in [6.07, 6.45) is 0. The normalized spacial score (nSPS) is 11.6. The van der Waals surface area contributed by atoms with Crippen molar-refractivity contribution in [3.8, 4) is 0 Å². The highest BCUT2D eigenvalue weighted by atomic mass is 16.5. The van der Waals surface area contributed by atoms with E-state index in [0.29, 0.717) is 28.3 Å². The number of hydrogen-bond donors (Lipinski definition) is 0. The standard InChI is InChI=1S/C19H16N8O3/c1-10-8-11(2)27-18(20-10)21-15(24-27)17(29)30-9-14-22-23-19-25(3)16(28)12-6-4-5-7-13(12)26(14)19/h4-8H,9H2,1-3H3. The Bertz CT molecular complexity index is 1530. The molecule has 0 fully saturated rings. The lowest BCUT2D eigenvalue weighted by Gasteiger charge is -2.07. The fourth-order valence-electron chi connectivity index (χ4n) is 3.43. The van der Waals surface area contributed by atoms with Crippen LogP contribution in [0.4, 0.5) is 0 Å². The molecular weight excluding hydrogens is 388 g/mol. The van der Waals surface area contributed by atoms with Gasteiger partial charge < -0.3 is 4.74 Å². The number of nitrogens with zero attached hydrogens (tertiary/aromatic N) is 8. The van der Waals surface area contributed by atoms with E-state index in [-0.39, 0.29) is 18.0 Å². The molecule has 0 radical (unpaired) electrons. The van der Waals surface area contributed by atoms with Crippen LogP contribution in [0.2, 0.25) is 0 Å². The molecule has 30 heavy (non-hydrogen) atoms. The second-order valence-corrected chi connectivity index (χ2v) is 6.90. The molecule has 5 aromatic rings. The lowest BCUT2D eigenvalue weighted by molar-refractivity contribution is 0.0447. The van der Waals surface area contributed by atoms with Crippen molar-refractivity contribution in [3.63, 3.8) is 0 Å². The van der Waals surface area contributed by atoms with E-state index in [9.17, 15) is 9.59 Å². The summed E-state index contributed by atoms with van der Waals surface area (Å²) >= 11 is 0. The topological polar surface area (TPSA) is 122 Å². The smallest absolute Gasteiger partial charge is 0.378 e. The third-order valence-electron chi connectivity index (χ3n) is 4.83. The van der Waals surface area contributed by atoms with Crippen LogP contribution in [-0.4, -0.2) is 44.7 Å². The number of esters is 1. The van der Waals surface area contributed by atoms with Crippen molar-refractivity contribution < 1.29 is 9.53 Å². The monoisotopic (exact) mass is 404 g/mol. The number of para-hydroxylation sites is 1. The first kappa shape index (κ1) is 17.9. The van der Waals surface area contributed by atoms with E-state index in [1.54, 1.807) is 29.6 Å². The third-order valence-corrected chi connectivity index (χ3v) is 4.83. The number of aryl methyl sites for hydroxylation is 3. The number of rotatable bonds is 3. The third kappa shape index (κ3) is 2.63. The second-order valence-electron chi connectivity index (χ2n) is 6.90. The van der Waals surface area contributed by atoms with E-state index in [1.165, 1.54) is 9.08 Å². The number of benzene rings is 1. The zero-order chi connectivity index (χ0) is 21.0. The molecule has 0 saturated carbocycles. The Balaban J connectivity index is 1.50. The Hall–Kier alpha value is -4.15. The average molecular weight is 404 g/mol. The van der Waals surface area contributed by atoms with E-state index in [4.69, 9.17) is 4.74 Å². The number of carbonyl (C=O) groups excluding carboxylic acids is 1. The Morgan fingerprint density at radius 3 is 2.77 bits per heavy atom. The Morgan fingerprint density at radius 2 is 1.93 bits per heavy atom. The van der Waals surface area contributed by atoms with Crippen molar-refractivity contribution in [1.82, 2.24) is 38.7 Å². The molecule has 0 amide bonds. The highest BCUT2D eigenvalue weighted by molar-refractivity contribution is 5.85. The van der Waals surface area contributed by atoms with Gasteiger partial charge in [-0.25, -0.2) is 14.3 Å². The maximum absolute atomic E-state index is 12.5. The molecule has 11 nitrogen and oxygen atoms in total. The van der Waals surface area contributed by atoms with E-state index in [2.05, 4.69) is 25.3 Å². The van der Waals surface area contributed by atoms with Crippen LogP contribution in [0, 0.1) is 13.8 Å². The summed E-state index contributed by atoms with van der Waals surface area (Å²) in [6, 6.07) is 8.96. The molecular formula is C19H16N8O3. The number of carbonyl (C=O) groups is 1. The lowest BCUT2D eigenvalue weighted by atomic mass is 10.2. The summed E-state index contributed by atoms with van der Waals surface area (Å²) in [4.78, 5) is 33.5. The summed E-state index contributed by atoms with van der Waals surface area (Å²) in [5.74, 6) is 0.254. The van der Waals surface area contributed by atoms with Gasteiger partial charge in [0.25, 0.3) is 17.2 Å². The number of ether oxygens (including phenoxy) is 1. The van der Waals surface area contributed by atoms with Gasteiger partial charge in [0.2, 0.25) is 5.78 Å². The van der Waals surface area contributed by atoms with E-state index in [0.717, 1.165) is 11.4 Å². The summed E-state index contributed by atoms with van der Waals surface area (Å²) in [5, 5.41) is 12.9. The van der Waals surface area contributed by atoms with Gasteiger partial charge in [0, 0.05) is 18.4 Å². The summed E-state index contributed by atoms with van der Waals surface area (Å²) < 4.78 is 9.96. The van der Waals surface area contributed by atoms with Crippen LogP contribution in [0.1, 0.15) is 27.8 Å². The van der Waals surface area contributed by atoms with Gasteiger partial charge in [0.1, 0.15) is 0 Å². The van der Waals surface area contributed by atoms with Crippen LogP contribution in [0.15, 0.2) is 35.1 Å². The van der Waals surface area contributed by atoms with Gasteiger partial charge in [-0.05, 0) is 32.0 Å². The molecule has 150 valence electrons. The quantitative estimate of drug-likeness (QED) is 0.408. The van der Waals surface area contributed by atoms with Crippen molar-refractivity contribution in [2.75, 3.05) is 0 Å². The van der Waals surface area contributed by atoms with Crippen molar-refractivity contribution >= 4 is 28.4 Å². The van der Waals surface area contributed by atoms with Crippen LogP contribution >= 0.6 is 0 Å². The summed E-state index contributed by atoms with van der Waals surface area (Å²) in [6.45, 7) is 3.53. The minimum absolute atomic E-state index is 0.0951. The molecule has 4 aromatic heterocycles. The molecule has 4 heterocycles. The van der Waals surface area contributed by atoms with Crippen LogP contribution < -0.4 is 5.56 Å². The van der Waals surface area contributed by atoms with Gasteiger partial charge in [-0.15, -0.1) is 15.3 Å². The van der Waals surface area contributed by atoms with Gasteiger partial charge >= 0.3 is 5.97 Å². The highest BCUT2D eigenvalue weighted by Gasteiger charge is 2.19. The van der Waals surface area contributed by atoms with Gasteiger partial charge in [0.15, 0.2) is 12.4 Å². The molecule has 0 spiro atoms.